The molecule has 22 heavy (non-hydrogen) atoms. The van der Waals surface area contributed by atoms with Gasteiger partial charge in [-0.05, 0) is 57.2 Å². The number of amides is 1. The quantitative estimate of drug-likeness (QED) is 0.897. The van der Waals surface area contributed by atoms with Crippen molar-refractivity contribution in [3.63, 3.8) is 0 Å². The average Bonchev–Trinajstić information content (AvgIpc) is 2.89. The highest BCUT2D eigenvalue weighted by atomic mass is 32.1. The van der Waals surface area contributed by atoms with Gasteiger partial charge in [0.05, 0.1) is 4.88 Å². The van der Waals surface area contributed by atoms with Crippen LogP contribution >= 0.6 is 11.3 Å². The van der Waals surface area contributed by atoms with Crippen molar-refractivity contribution in [3.8, 4) is 5.75 Å². The molecule has 1 heterocycles. The van der Waals surface area contributed by atoms with Gasteiger partial charge in [0.25, 0.3) is 5.91 Å². The Morgan fingerprint density at radius 2 is 1.64 bits per heavy atom. The number of thiophene rings is 1. The molecule has 1 amide bonds. The van der Waals surface area contributed by atoms with Gasteiger partial charge < -0.3 is 15.2 Å². The number of hydrogen-bond donors (Lipinski definition) is 2. The van der Waals surface area contributed by atoms with Gasteiger partial charge >= 0.3 is 5.97 Å². The van der Waals surface area contributed by atoms with E-state index in [4.69, 9.17) is 9.84 Å². The Hall–Kier alpha value is -2.34. The third-order valence-electron chi connectivity index (χ3n) is 2.58. The Balaban J connectivity index is 2.03. The van der Waals surface area contributed by atoms with Gasteiger partial charge in [0.2, 0.25) is 0 Å². The minimum atomic E-state index is -1.03. The molecule has 2 N–H and O–H groups in total. The van der Waals surface area contributed by atoms with Crippen molar-refractivity contribution >= 4 is 28.9 Å². The van der Waals surface area contributed by atoms with Crippen LogP contribution in [0.2, 0.25) is 0 Å². The fourth-order valence-corrected chi connectivity index (χ4v) is 2.47. The number of aromatic carboxylic acids is 1. The van der Waals surface area contributed by atoms with Gasteiger partial charge in [-0.2, -0.15) is 0 Å². The largest absolute Gasteiger partial charge is 0.488 e. The Morgan fingerprint density at radius 3 is 2.14 bits per heavy atom. The zero-order valence-corrected chi connectivity index (χ0v) is 13.4. The summed E-state index contributed by atoms with van der Waals surface area (Å²) in [5, 5.41) is 11.6. The Kier molecular flexibility index (Phi) is 4.51. The number of ether oxygens (including phenoxy) is 1. The highest BCUT2D eigenvalue weighted by Crippen LogP contribution is 2.22. The van der Waals surface area contributed by atoms with Crippen molar-refractivity contribution < 1.29 is 19.4 Å². The molecule has 5 nitrogen and oxygen atoms in total. The molecule has 0 atom stereocenters. The monoisotopic (exact) mass is 319 g/mol. The highest BCUT2D eigenvalue weighted by Gasteiger charge is 2.14. The second-order valence-electron chi connectivity index (χ2n) is 5.66. The molecule has 1 aromatic carbocycles. The molecular formula is C16H17NO4S. The maximum atomic E-state index is 12.0. The van der Waals surface area contributed by atoms with Crippen molar-refractivity contribution in [2.24, 2.45) is 0 Å². The zero-order chi connectivity index (χ0) is 16.3. The van der Waals surface area contributed by atoms with E-state index >= 15 is 0 Å². The number of carboxylic acids is 1. The second-order valence-corrected chi connectivity index (χ2v) is 6.75. The number of hydrogen-bond acceptors (Lipinski definition) is 4. The average molecular weight is 319 g/mol. The minimum absolute atomic E-state index is 0.138. The third kappa shape index (κ3) is 4.33. The van der Waals surface area contributed by atoms with Crippen molar-refractivity contribution in [1.82, 2.24) is 0 Å². The summed E-state index contributed by atoms with van der Waals surface area (Å²) in [5.41, 5.74) is 0.339. The van der Waals surface area contributed by atoms with Crippen LogP contribution in [0.1, 0.15) is 40.1 Å². The first-order valence-electron chi connectivity index (χ1n) is 6.68. The molecule has 1 aromatic heterocycles. The number of benzene rings is 1. The number of carbonyl (C=O) groups is 2. The van der Waals surface area contributed by atoms with E-state index < -0.39 is 5.97 Å². The number of nitrogens with one attached hydrogen (secondary N) is 1. The topological polar surface area (TPSA) is 75.6 Å². The molecule has 0 saturated carbocycles. The normalized spacial score (nSPS) is 11.0. The van der Waals surface area contributed by atoms with Crippen LogP contribution in [0.25, 0.3) is 0 Å². The molecule has 0 aliphatic carbocycles. The van der Waals surface area contributed by atoms with E-state index in [0.717, 1.165) is 17.1 Å². The van der Waals surface area contributed by atoms with Crippen molar-refractivity contribution in [1.29, 1.82) is 0 Å². The van der Waals surface area contributed by atoms with Crippen LogP contribution in [0, 0.1) is 0 Å². The summed E-state index contributed by atoms with van der Waals surface area (Å²) in [6.07, 6.45) is 0. The number of carboxylic acid groups (broad SMARTS) is 1. The molecule has 0 bridgehead atoms. The maximum absolute atomic E-state index is 12.0. The van der Waals surface area contributed by atoms with Gasteiger partial charge in [-0.3, -0.25) is 4.79 Å². The standard InChI is InChI=1S/C16H17NO4S/c1-16(2,3)21-11-6-4-10(5-7-11)17-14(18)12-8-9-13(22-12)15(19)20/h4-9H,1-3H3,(H,17,18)(H,19,20). The molecule has 0 aliphatic heterocycles. The molecule has 116 valence electrons. The summed E-state index contributed by atoms with van der Waals surface area (Å²) in [7, 11) is 0. The lowest BCUT2D eigenvalue weighted by atomic mass is 10.2. The van der Waals surface area contributed by atoms with Gasteiger partial charge in [-0.1, -0.05) is 0 Å². The van der Waals surface area contributed by atoms with Gasteiger partial charge in [0, 0.05) is 5.69 Å². The smallest absolute Gasteiger partial charge is 0.345 e. The number of anilines is 1. The first kappa shape index (κ1) is 16.0. The van der Waals surface area contributed by atoms with Gasteiger partial charge in [-0.25, -0.2) is 4.79 Å². The van der Waals surface area contributed by atoms with E-state index in [0.29, 0.717) is 10.6 Å². The fraction of sp³-hybridized carbons (Fsp3) is 0.250. The van der Waals surface area contributed by atoms with Crippen LogP contribution in [0.4, 0.5) is 5.69 Å². The molecule has 2 aromatic rings. The lowest BCUT2D eigenvalue weighted by molar-refractivity contribution is 0.0702. The first-order chi connectivity index (χ1) is 10.2. The van der Waals surface area contributed by atoms with E-state index in [-0.39, 0.29) is 16.4 Å². The van der Waals surface area contributed by atoms with Crippen molar-refractivity contribution in [2.45, 2.75) is 26.4 Å². The molecule has 0 fully saturated rings. The Morgan fingerprint density at radius 1 is 1.05 bits per heavy atom. The van der Waals surface area contributed by atoms with E-state index in [9.17, 15) is 9.59 Å². The summed E-state index contributed by atoms with van der Waals surface area (Å²) >= 11 is 0.943. The summed E-state index contributed by atoms with van der Waals surface area (Å²) in [6.45, 7) is 5.87. The van der Waals surface area contributed by atoms with E-state index in [2.05, 4.69) is 5.32 Å². The highest BCUT2D eigenvalue weighted by molar-refractivity contribution is 7.15. The molecule has 0 aliphatic rings. The van der Waals surface area contributed by atoms with Crippen LogP contribution in [0.3, 0.4) is 0 Å². The van der Waals surface area contributed by atoms with E-state index in [1.165, 1.54) is 12.1 Å². The summed E-state index contributed by atoms with van der Waals surface area (Å²) in [6, 6.07) is 9.95. The van der Waals surface area contributed by atoms with Crippen molar-refractivity contribution in [2.75, 3.05) is 5.32 Å². The minimum Gasteiger partial charge on any atom is -0.488 e. The number of carbonyl (C=O) groups excluding carboxylic acids is 1. The molecule has 6 heteroatoms. The zero-order valence-electron chi connectivity index (χ0n) is 12.5. The molecule has 0 saturated heterocycles. The second kappa shape index (κ2) is 6.19. The summed E-state index contributed by atoms with van der Waals surface area (Å²) in [5.74, 6) is -0.649. The fourth-order valence-electron chi connectivity index (χ4n) is 1.73. The van der Waals surface area contributed by atoms with Crippen LogP contribution in [0.5, 0.6) is 5.75 Å². The number of rotatable bonds is 4. The molecule has 0 radical (unpaired) electrons. The maximum Gasteiger partial charge on any atom is 0.345 e. The molecule has 0 spiro atoms. The summed E-state index contributed by atoms with van der Waals surface area (Å²) in [4.78, 5) is 23.3. The summed E-state index contributed by atoms with van der Waals surface area (Å²) < 4.78 is 5.70. The van der Waals surface area contributed by atoms with Crippen LogP contribution in [-0.2, 0) is 0 Å². The molecule has 0 unspecified atom stereocenters. The van der Waals surface area contributed by atoms with Crippen LogP contribution in [-0.4, -0.2) is 22.6 Å². The first-order valence-corrected chi connectivity index (χ1v) is 7.50. The lowest BCUT2D eigenvalue weighted by Gasteiger charge is -2.21. The Bertz CT molecular complexity index is 683. The predicted octanol–water partition coefficient (Wildman–Crippen LogP) is 3.88. The van der Waals surface area contributed by atoms with Gasteiger partial charge in [0.15, 0.2) is 0 Å². The Labute approximate surface area is 132 Å². The predicted molar refractivity (Wildman–Crippen MR) is 86.1 cm³/mol. The van der Waals surface area contributed by atoms with Crippen molar-refractivity contribution in [3.05, 3.63) is 46.2 Å². The molecule has 2 rings (SSSR count). The van der Waals surface area contributed by atoms with E-state index in [1.54, 1.807) is 24.3 Å². The van der Waals surface area contributed by atoms with Crippen LogP contribution in [0.15, 0.2) is 36.4 Å². The third-order valence-corrected chi connectivity index (χ3v) is 3.65. The SMILES string of the molecule is CC(C)(C)Oc1ccc(NC(=O)c2ccc(C(=O)O)s2)cc1. The molecular weight excluding hydrogens is 302 g/mol. The van der Waals surface area contributed by atoms with E-state index in [1.807, 2.05) is 20.8 Å². The van der Waals surface area contributed by atoms with Crippen LogP contribution < -0.4 is 10.1 Å². The van der Waals surface area contributed by atoms with Gasteiger partial charge in [-0.15, -0.1) is 11.3 Å². The lowest BCUT2D eigenvalue weighted by Crippen LogP contribution is -2.22. The van der Waals surface area contributed by atoms with Gasteiger partial charge in [0.1, 0.15) is 16.2 Å².